The molecule has 3 heterocycles. The lowest BCUT2D eigenvalue weighted by Gasteiger charge is -2.31. The molecule has 2 aromatic rings. The molecule has 26 heavy (non-hydrogen) atoms. The molecule has 0 aliphatic carbocycles. The maximum absolute atomic E-state index is 12.4. The predicted octanol–water partition coefficient (Wildman–Crippen LogP) is 3.33. The van der Waals surface area contributed by atoms with Crippen molar-refractivity contribution in [1.82, 2.24) is 15.0 Å². The van der Waals surface area contributed by atoms with Gasteiger partial charge in [-0.05, 0) is 44.2 Å². The summed E-state index contributed by atoms with van der Waals surface area (Å²) >= 11 is 0. The lowest BCUT2D eigenvalue weighted by atomic mass is 9.94. The van der Waals surface area contributed by atoms with E-state index >= 15 is 0 Å². The summed E-state index contributed by atoms with van der Waals surface area (Å²) in [5, 5.41) is 4.24. The largest absolute Gasteiger partial charge is 0.351 e. The Hall–Kier alpha value is -2.14. The molecule has 1 amide bonds. The Morgan fingerprint density at radius 3 is 2.73 bits per heavy atom. The van der Waals surface area contributed by atoms with E-state index in [1.807, 2.05) is 11.0 Å². The van der Waals surface area contributed by atoms with Crippen LogP contribution in [0.5, 0.6) is 0 Å². The molecule has 1 aromatic heterocycles. The SMILES string of the molecule is O=C(c1cc([C@@H]2CCCN(CCc3ccccc3)C2)no1)N1CCCC1. The molecule has 0 unspecified atom stereocenters. The van der Waals surface area contributed by atoms with Gasteiger partial charge in [0.05, 0.1) is 5.69 Å². The number of benzene rings is 1. The second kappa shape index (κ2) is 8.04. The number of nitrogens with zero attached hydrogens (tertiary/aromatic N) is 3. The Labute approximate surface area is 155 Å². The molecule has 138 valence electrons. The van der Waals surface area contributed by atoms with Gasteiger partial charge in [0, 0.05) is 38.2 Å². The standard InChI is InChI=1S/C21H27N3O2/c25-21(24-12-4-5-13-24)20-15-19(22-26-20)18-9-6-11-23(16-18)14-10-17-7-2-1-3-8-17/h1-3,7-8,15,18H,4-6,9-14,16H2/t18-/m1/s1. The highest BCUT2D eigenvalue weighted by molar-refractivity contribution is 5.91. The van der Waals surface area contributed by atoms with Crippen LogP contribution in [0.15, 0.2) is 40.9 Å². The topological polar surface area (TPSA) is 49.6 Å². The fraction of sp³-hybridized carbons (Fsp3) is 0.524. The number of carbonyl (C=O) groups excluding carboxylic acids is 1. The smallest absolute Gasteiger partial charge is 0.292 e. The summed E-state index contributed by atoms with van der Waals surface area (Å²) in [4.78, 5) is 16.8. The summed E-state index contributed by atoms with van der Waals surface area (Å²) in [6.07, 6.45) is 5.54. The molecule has 2 fully saturated rings. The molecule has 0 bridgehead atoms. The van der Waals surface area contributed by atoms with E-state index in [2.05, 4.69) is 40.4 Å². The number of amides is 1. The van der Waals surface area contributed by atoms with Gasteiger partial charge in [0.2, 0.25) is 5.76 Å². The van der Waals surface area contributed by atoms with Crippen LogP contribution in [0.25, 0.3) is 0 Å². The highest BCUT2D eigenvalue weighted by Crippen LogP contribution is 2.27. The molecule has 0 saturated carbocycles. The molecule has 0 spiro atoms. The molecule has 5 nitrogen and oxygen atoms in total. The monoisotopic (exact) mass is 353 g/mol. The van der Waals surface area contributed by atoms with Crippen molar-refractivity contribution in [3.63, 3.8) is 0 Å². The average molecular weight is 353 g/mol. The van der Waals surface area contributed by atoms with Crippen LogP contribution >= 0.6 is 0 Å². The fourth-order valence-corrected chi connectivity index (χ4v) is 4.09. The molecule has 1 atom stereocenters. The Balaban J connectivity index is 1.35. The number of aromatic nitrogens is 1. The molecule has 2 aliphatic heterocycles. The molecular formula is C21H27N3O2. The Kier molecular flexibility index (Phi) is 5.34. The van der Waals surface area contributed by atoms with Crippen molar-refractivity contribution in [3.8, 4) is 0 Å². The average Bonchev–Trinajstić information content (AvgIpc) is 3.39. The number of likely N-dealkylation sites (tertiary alicyclic amines) is 2. The first kappa shape index (κ1) is 17.3. The van der Waals surface area contributed by atoms with Crippen molar-refractivity contribution < 1.29 is 9.32 Å². The number of piperidine rings is 1. The van der Waals surface area contributed by atoms with Crippen LogP contribution < -0.4 is 0 Å². The van der Waals surface area contributed by atoms with Gasteiger partial charge in [-0.1, -0.05) is 35.5 Å². The summed E-state index contributed by atoms with van der Waals surface area (Å²) in [5.41, 5.74) is 2.33. The summed E-state index contributed by atoms with van der Waals surface area (Å²) in [6.45, 7) is 4.88. The van der Waals surface area contributed by atoms with E-state index in [9.17, 15) is 4.79 Å². The summed E-state index contributed by atoms with van der Waals surface area (Å²) in [6, 6.07) is 12.5. The fourth-order valence-electron chi connectivity index (χ4n) is 4.09. The second-order valence-corrected chi connectivity index (χ2v) is 7.49. The van der Waals surface area contributed by atoms with Gasteiger partial charge in [-0.2, -0.15) is 0 Å². The van der Waals surface area contributed by atoms with Gasteiger partial charge in [-0.25, -0.2) is 0 Å². The van der Waals surface area contributed by atoms with Crippen LogP contribution in [0, 0.1) is 0 Å². The lowest BCUT2D eigenvalue weighted by molar-refractivity contribution is 0.0751. The van der Waals surface area contributed by atoms with Gasteiger partial charge < -0.3 is 14.3 Å². The van der Waals surface area contributed by atoms with Crippen LogP contribution in [0.3, 0.4) is 0 Å². The second-order valence-electron chi connectivity index (χ2n) is 7.49. The van der Waals surface area contributed by atoms with Crippen molar-refractivity contribution >= 4 is 5.91 Å². The maximum Gasteiger partial charge on any atom is 0.292 e. The highest BCUT2D eigenvalue weighted by Gasteiger charge is 2.27. The van der Waals surface area contributed by atoms with E-state index in [1.165, 1.54) is 12.0 Å². The van der Waals surface area contributed by atoms with Gasteiger partial charge in [0.1, 0.15) is 0 Å². The predicted molar refractivity (Wildman–Crippen MR) is 100 cm³/mol. The highest BCUT2D eigenvalue weighted by atomic mass is 16.5. The van der Waals surface area contributed by atoms with E-state index in [-0.39, 0.29) is 5.91 Å². The molecule has 1 aromatic carbocycles. The van der Waals surface area contributed by atoms with Crippen molar-refractivity contribution in [1.29, 1.82) is 0 Å². The summed E-state index contributed by atoms with van der Waals surface area (Å²) in [5.74, 6) is 0.768. The van der Waals surface area contributed by atoms with Crippen molar-refractivity contribution in [3.05, 3.63) is 53.4 Å². The molecule has 2 saturated heterocycles. The third-order valence-electron chi connectivity index (χ3n) is 5.62. The van der Waals surface area contributed by atoms with E-state index in [4.69, 9.17) is 4.52 Å². The molecule has 4 rings (SSSR count). The van der Waals surface area contributed by atoms with Crippen LogP contribution in [0.4, 0.5) is 0 Å². The van der Waals surface area contributed by atoms with Gasteiger partial charge in [0.25, 0.3) is 5.91 Å². The zero-order valence-corrected chi connectivity index (χ0v) is 15.3. The third kappa shape index (κ3) is 3.98. The third-order valence-corrected chi connectivity index (χ3v) is 5.62. The van der Waals surface area contributed by atoms with Crippen molar-refractivity contribution in [2.75, 3.05) is 32.7 Å². The van der Waals surface area contributed by atoms with Crippen LogP contribution in [0.1, 0.15) is 53.4 Å². The normalized spacial score (nSPS) is 21.2. The zero-order valence-electron chi connectivity index (χ0n) is 15.3. The van der Waals surface area contributed by atoms with E-state index in [0.717, 1.165) is 64.1 Å². The van der Waals surface area contributed by atoms with Crippen molar-refractivity contribution in [2.45, 2.75) is 38.0 Å². The Morgan fingerprint density at radius 1 is 1.12 bits per heavy atom. The number of hydrogen-bond acceptors (Lipinski definition) is 4. The molecule has 2 aliphatic rings. The quantitative estimate of drug-likeness (QED) is 0.827. The van der Waals surface area contributed by atoms with E-state index in [1.54, 1.807) is 0 Å². The van der Waals surface area contributed by atoms with Crippen LogP contribution in [-0.2, 0) is 6.42 Å². The minimum atomic E-state index is -0.00186. The van der Waals surface area contributed by atoms with E-state index < -0.39 is 0 Å². The first-order valence-corrected chi connectivity index (χ1v) is 9.82. The molecule has 0 radical (unpaired) electrons. The Morgan fingerprint density at radius 2 is 1.92 bits per heavy atom. The first-order valence-electron chi connectivity index (χ1n) is 9.82. The minimum absolute atomic E-state index is 0.00186. The summed E-state index contributed by atoms with van der Waals surface area (Å²) < 4.78 is 5.40. The molecule has 5 heteroatoms. The molecular weight excluding hydrogens is 326 g/mol. The zero-order chi connectivity index (χ0) is 17.8. The number of hydrogen-bond donors (Lipinski definition) is 0. The first-order chi connectivity index (χ1) is 12.8. The van der Waals surface area contributed by atoms with Gasteiger partial charge in [-0.15, -0.1) is 0 Å². The summed E-state index contributed by atoms with van der Waals surface area (Å²) in [7, 11) is 0. The van der Waals surface area contributed by atoms with Gasteiger partial charge in [-0.3, -0.25) is 4.79 Å². The number of carbonyl (C=O) groups is 1. The Bertz CT molecular complexity index is 722. The van der Waals surface area contributed by atoms with Crippen molar-refractivity contribution in [2.24, 2.45) is 0 Å². The van der Waals surface area contributed by atoms with Gasteiger partial charge in [0.15, 0.2) is 0 Å². The van der Waals surface area contributed by atoms with Crippen LogP contribution in [-0.4, -0.2) is 53.6 Å². The van der Waals surface area contributed by atoms with Crippen LogP contribution in [0.2, 0.25) is 0 Å². The molecule has 0 N–H and O–H groups in total. The van der Waals surface area contributed by atoms with E-state index in [0.29, 0.717) is 11.7 Å². The van der Waals surface area contributed by atoms with Gasteiger partial charge >= 0.3 is 0 Å². The minimum Gasteiger partial charge on any atom is -0.351 e. The number of rotatable bonds is 5. The lowest BCUT2D eigenvalue weighted by Crippen LogP contribution is -2.35. The maximum atomic E-state index is 12.4.